The number of aryl methyl sites for hydroxylation is 1. The van der Waals surface area contributed by atoms with Gasteiger partial charge in [-0.2, -0.15) is 19.7 Å². The molecule has 0 saturated carbocycles. The topological polar surface area (TPSA) is 73.4 Å². The quantitative estimate of drug-likeness (QED) is 0.702. The third-order valence-electron chi connectivity index (χ3n) is 3.77. The Bertz CT molecular complexity index is 767. The van der Waals surface area contributed by atoms with Gasteiger partial charge in [-0.25, -0.2) is 4.98 Å². The Morgan fingerprint density at radius 3 is 3.18 bits per heavy atom. The van der Waals surface area contributed by atoms with Gasteiger partial charge in [0.05, 0.1) is 19.3 Å². The number of aromatic nitrogens is 6. The van der Waals surface area contributed by atoms with Crippen LogP contribution in [0.3, 0.4) is 0 Å². The van der Waals surface area contributed by atoms with E-state index in [4.69, 9.17) is 4.74 Å². The van der Waals surface area contributed by atoms with Crippen molar-refractivity contribution in [3.63, 3.8) is 0 Å². The van der Waals surface area contributed by atoms with Gasteiger partial charge in [-0.3, -0.25) is 4.68 Å². The number of ether oxygens (including phenoxy) is 1. The molecule has 114 valence electrons. The first-order valence-corrected chi connectivity index (χ1v) is 7.31. The molecule has 8 nitrogen and oxygen atoms in total. The van der Waals surface area contributed by atoms with Gasteiger partial charge in [-0.15, -0.1) is 0 Å². The molecule has 0 aromatic carbocycles. The van der Waals surface area contributed by atoms with Crippen LogP contribution >= 0.6 is 0 Å². The van der Waals surface area contributed by atoms with Gasteiger partial charge < -0.3 is 9.64 Å². The summed E-state index contributed by atoms with van der Waals surface area (Å²) in [6.45, 7) is 5.02. The number of nitrogens with zero attached hydrogens (tertiary/aromatic N) is 7. The summed E-state index contributed by atoms with van der Waals surface area (Å²) in [5, 5.41) is 8.52. The van der Waals surface area contributed by atoms with Crippen LogP contribution in [0.25, 0.3) is 5.78 Å². The average molecular weight is 299 g/mol. The second kappa shape index (κ2) is 5.38. The smallest absolute Gasteiger partial charge is 0.254 e. The minimum atomic E-state index is 0.0979. The van der Waals surface area contributed by atoms with Crippen LogP contribution in [-0.2, 0) is 11.3 Å². The summed E-state index contributed by atoms with van der Waals surface area (Å²) in [4.78, 5) is 10.8. The lowest BCUT2D eigenvalue weighted by molar-refractivity contribution is 0.0270. The third kappa shape index (κ3) is 2.41. The average Bonchev–Trinajstić information content (AvgIpc) is 3.18. The Morgan fingerprint density at radius 1 is 1.36 bits per heavy atom. The fourth-order valence-corrected chi connectivity index (χ4v) is 2.79. The summed E-state index contributed by atoms with van der Waals surface area (Å²) in [7, 11) is 0. The highest BCUT2D eigenvalue weighted by molar-refractivity contribution is 5.47. The van der Waals surface area contributed by atoms with Gasteiger partial charge in [-0.05, 0) is 13.0 Å². The Hall–Kier alpha value is -2.48. The van der Waals surface area contributed by atoms with E-state index in [0.29, 0.717) is 12.4 Å². The SMILES string of the molecule is Cc1cc(N2CCOC(Cn3cccn3)C2)n2ncnc2n1. The summed E-state index contributed by atoms with van der Waals surface area (Å²) in [6.07, 6.45) is 5.37. The predicted molar refractivity (Wildman–Crippen MR) is 79.7 cm³/mol. The molecule has 3 aromatic rings. The van der Waals surface area contributed by atoms with Crippen molar-refractivity contribution >= 4 is 11.6 Å². The highest BCUT2D eigenvalue weighted by Crippen LogP contribution is 2.19. The van der Waals surface area contributed by atoms with E-state index >= 15 is 0 Å². The number of morpholine rings is 1. The first-order chi connectivity index (χ1) is 10.8. The van der Waals surface area contributed by atoms with E-state index in [1.165, 1.54) is 6.33 Å². The van der Waals surface area contributed by atoms with Gasteiger partial charge in [0, 0.05) is 37.2 Å². The molecule has 1 saturated heterocycles. The van der Waals surface area contributed by atoms with E-state index in [0.717, 1.165) is 31.1 Å². The maximum Gasteiger partial charge on any atom is 0.254 e. The van der Waals surface area contributed by atoms with Crippen molar-refractivity contribution in [1.29, 1.82) is 0 Å². The van der Waals surface area contributed by atoms with Crippen LogP contribution in [0.5, 0.6) is 0 Å². The van der Waals surface area contributed by atoms with E-state index in [1.807, 2.05) is 29.9 Å². The molecule has 1 unspecified atom stereocenters. The van der Waals surface area contributed by atoms with Gasteiger partial charge in [0.15, 0.2) is 0 Å². The van der Waals surface area contributed by atoms with Crippen LogP contribution < -0.4 is 4.90 Å². The second-order valence-electron chi connectivity index (χ2n) is 5.39. The molecule has 0 aliphatic carbocycles. The minimum absolute atomic E-state index is 0.0979. The highest BCUT2D eigenvalue weighted by atomic mass is 16.5. The number of anilines is 1. The molecule has 8 heteroatoms. The van der Waals surface area contributed by atoms with Crippen LogP contribution in [0.2, 0.25) is 0 Å². The first-order valence-electron chi connectivity index (χ1n) is 7.31. The fourth-order valence-electron chi connectivity index (χ4n) is 2.79. The van der Waals surface area contributed by atoms with Gasteiger partial charge in [0.2, 0.25) is 0 Å². The molecule has 4 heterocycles. The fraction of sp³-hybridized carbons (Fsp3) is 0.429. The minimum Gasteiger partial charge on any atom is -0.373 e. The van der Waals surface area contributed by atoms with Gasteiger partial charge >= 0.3 is 0 Å². The molecule has 22 heavy (non-hydrogen) atoms. The van der Waals surface area contributed by atoms with Gasteiger partial charge in [0.25, 0.3) is 5.78 Å². The van der Waals surface area contributed by atoms with Crippen molar-refractivity contribution in [3.8, 4) is 0 Å². The van der Waals surface area contributed by atoms with Crippen molar-refractivity contribution in [2.45, 2.75) is 19.6 Å². The number of fused-ring (bicyclic) bond motifs is 1. The Kier molecular flexibility index (Phi) is 3.23. The molecule has 1 aliphatic heterocycles. The molecule has 1 atom stereocenters. The molecular weight excluding hydrogens is 282 g/mol. The number of hydrogen-bond donors (Lipinski definition) is 0. The van der Waals surface area contributed by atoms with E-state index in [9.17, 15) is 0 Å². The monoisotopic (exact) mass is 299 g/mol. The van der Waals surface area contributed by atoms with Crippen LogP contribution in [0.1, 0.15) is 5.69 Å². The van der Waals surface area contributed by atoms with Crippen LogP contribution in [-0.4, -0.2) is 55.2 Å². The normalized spacial score (nSPS) is 19.0. The predicted octanol–water partition coefficient (Wildman–Crippen LogP) is 0.535. The lowest BCUT2D eigenvalue weighted by Crippen LogP contribution is -2.45. The Labute approximate surface area is 127 Å². The molecule has 0 radical (unpaired) electrons. The molecule has 1 aliphatic rings. The van der Waals surface area contributed by atoms with E-state index in [1.54, 1.807) is 10.7 Å². The summed E-state index contributed by atoms with van der Waals surface area (Å²) in [5.74, 6) is 1.64. The largest absolute Gasteiger partial charge is 0.373 e. The number of hydrogen-bond acceptors (Lipinski definition) is 6. The van der Waals surface area contributed by atoms with E-state index < -0.39 is 0 Å². The molecule has 4 rings (SSSR count). The lowest BCUT2D eigenvalue weighted by Gasteiger charge is -2.34. The van der Waals surface area contributed by atoms with Crippen molar-refractivity contribution in [3.05, 3.63) is 36.5 Å². The van der Waals surface area contributed by atoms with Crippen molar-refractivity contribution < 1.29 is 4.74 Å². The highest BCUT2D eigenvalue weighted by Gasteiger charge is 2.23. The standard InChI is InChI=1S/C14H17N7O/c1-11-7-13(21-14(18-11)15-10-17-21)19-5-6-22-12(8-19)9-20-4-2-3-16-20/h2-4,7,10,12H,5-6,8-9H2,1H3. The van der Waals surface area contributed by atoms with Gasteiger partial charge in [-0.1, -0.05) is 0 Å². The molecule has 0 amide bonds. The summed E-state index contributed by atoms with van der Waals surface area (Å²) in [5.41, 5.74) is 0.936. The van der Waals surface area contributed by atoms with Gasteiger partial charge in [0.1, 0.15) is 12.1 Å². The zero-order valence-corrected chi connectivity index (χ0v) is 12.3. The molecule has 0 bridgehead atoms. The Morgan fingerprint density at radius 2 is 2.32 bits per heavy atom. The maximum atomic E-state index is 5.86. The lowest BCUT2D eigenvalue weighted by atomic mass is 10.2. The zero-order valence-electron chi connectivity index (χ0n) is 12.3. The molecule has 0 spiro atoms. The maximum absolute atomic E-state index is 5.86. The van der Waals surface area contributed by atoms with Crippen molar-refractivity contribution in [2.24, 2.45) is 0 Å². The first kappa shape index (κ1) is 13.2. The van der Waals surface area contributed by atoms with E-state index in [2.05, 4.69) is 25.1 Å². The number of rotatable bonds is 3. The summed E-state index contributed by atoms with van der Waals surface area (Å²) >= 11 is 0. The molecule has 3 aromatic heterocycles. The Balaban J connectivity index is 1.59. The van der Waals surface area contributed by atoms with Crippen LogP contribution in [0.15, 0.2) is 30.9 Å². The molecular formula is C14H17N7O. The second-order valence-corrected chi connectivity index (χ2v) is 5.39. The summed E-state index contributed by atoms with van der Waals surface area (Å²) in [6, 6.07) is 3.96. The molecule has 0 N–H and O–H groups in total. The zero-order chi connectivity index (χ0) is 14.9. The van der Waals surface area contributed by atoms with Crippen LogP contribution in [0.4, 0.5) is 5.82 Å². The van der Waals surface area contributed by atoms with E-state index in [-0.39, 0.29) is 6.10 Å². The van der Waals surface area contributed by atoms with Crippen LogP contribution in [0, 0.1) is 6.92 Å². The van der Waals surface area contributed by atoms with Crippen molar-refractivity contribution in [1.82, 2.24) is 29.4 Å². The van der Waals surface area contributed by atoms with Crippen molar-refractivity contribution in [2.75, 3.05) is 24.6 Å². The summed E-state index contributed by atoms with van der Waals surface area (Å²) < 4.78 is 9.54. The third-order valence-corrected chi connectivity index (χ3v) is 3.77. The molecule has 1 fully saturated rings.